The Bertz CT molecular complexity index is 448. The molecule has 3 N–H and O–H groups in total. The van der Waals surface area contributed by atoms with E-state index in [0.29, 0.717) is 23.8 Å². The van der Waals surface area contributed by atoms with Crippen LogP contribution in [0.5, 0.6) is 0 Å². The first kappa shape index (κ1) is 15.2. The number of hydrogen-bond acceptors (Lipinski definition) is 4. The summed E-state index contributed by atoms with van der Waals surface area (Å²) in [4.78, 5) is 14.3. The lowest BCUT2D eigenvalue weighted by Crippen LogP contribution is -2.34. The Balaban J connectivity index is 2.28. The van der Waals surface area contributed by atoms with Crippen molar-refractivity contribution in [2.24, 2.45) is 5.92 Å². The third-order valence-corrected chi connectivity index (χ3v) is 2.33. The molecule has 0 bridgehead atoms. The number of nitriles is 1. The summed E-state index contributed by atoms with van der Waals surface area (Å²) in [6.45, 7) is 4.92. The van der Waals surface area contributed by atoms with E-state index < -0.39 is 6.10 Å². The SMILES string of the molecule is CC(C)COCC(O)CNC(=O)c1c[nH]c(C#N)c1. The minimum atomic E-state index is -0.739. The lowest BCUT2D eigenvalue weighted by molar-refractivity contribution is 0.0259. The van der Waals surface area contributed by atoms with Crippen LogP contribution in [0, 0.1) is 17.2 Å². The summed E-state index contributed by atoms with van der Waals surface area (Å²) in [5.41, 5.74) is 0.692. The van der Waals surface area contributed by atoms with Crippen molar-refractivity contribution in [1.29, 1.82) is 5.26 Å². The van der Waals surface area contributed by atoms with E-state index in [1.54, 1.807) is 0 Å². The lowest BCUT2D eigenvalue weighted by Gasteiger charge is -2.13. The van der Waals surface area contributed by atoms with Crippen LogP contribution in [-0.2, 0) is 4.74 Å². The highest BCUT2D eigenvalue weighted by atomic mass is 16.5. The number of ether oxygens (including phenoxy) is 1. The molecule has 1 aromatic heterocycles. The van der Waals surface area contributed by atoms with Crippen molar-refractivity contribution in [2.75, 3.05) is 19.8 Å². The number of nitrogens with one attached hydrogen (secondary N) is 2. The van der Waals surface area contributed by atoms with Crippen LogP contribution in [0.2, 0.25) is 0 Å². The maximum atomic E-state index is 11.7. The molecular formula is C13H19N3O3. The van der Waals surface area contributed by atoms with Gasteiger partial charge < -0.3 is 20.1 Å². The van der Waals surface area contributed by atoms with Gasteiger partial charge in [-0.2, -0.15) is 5.26 Å². The third kappa shape index (κ3) is 5.55. The third-order valence-electron chi connectivity index (χ3n) is 2.33. The summed E-state index contributed by atoms with van der Waals surface area (Å²) < 4.78 is 5.27. The van der Waals surface area contributed by atoms with Gasteiger partial charge in [-0.25, -0.2) is 0 Å². The van der Waals surface area contributed by atoms with Crippen LogP contribution in [0.1, 0.15) is 29.9 Å². The van der Waals surface area contributed by atoms with Crippen LogP contribution >= 0.6 is 0 Å². The molecule has 1 amide bonds. The van der Waals surface area contributed by atoms with E-state index in [4.69, 9.17) is 10.00 Å². The first-order valence-electron chi connectivity index (χ1n) is 6.15. The number of nitrogens with zero attached hydrogens (tertiary/aromatic N) is 1. The molecule has 0 spiro atoms. The number of hydrogen-bond donors (Lipinski definition) is 3. The van der Waals surface area contributed by atoms with E-state index in [-0.39, 0.29) is 19.1 Å². The van der Waals surface area contributed by atoms with Gasteiger partial charge in [-0.3, -0.25) is 4.79 Å². The van der Waals surface area contributed by atoms with Gasteiger partial charge in [-0.15, -0.1) is 0 Å². The largest absolute Gasteiger partial charge is 0.389 e. The summed E-state index contributed by atoms with van der Waals surface area (Å²) in [5.74, 6) is 0.0757. The van der Waals surface area contributed by atoms with Crippen LogP contribution < -0.4 is 5.32 Å². The van der Waals surface area contributed by atoms with Gasteiger partial charge >= 0.3 is 0 Å². The van der Waals surface area contributed by atoms with Crippen molar-refractivity contribution in [3.63, 3.8) is 0 Å². The number of aliphatic hydroxyl groups is 1. The smallest absolute Gasteiger partial charge is 0.252 e. The summed E-state index contributed by atoms with van der Waals surface area (Å²) in [6, 6.07) is 3.36. The number of carbonyl (C=O) groups is 1. The Morgan fingerprint density at radius 1 is 1.58 bits per heavy atom. The molecule has 1 unspecified atom stereocenters. The predicted octanol–water partition coefficient (Wildman–Crippen LogP) is 0.650. The molecule has 6 nitrogen and oxygen atoms in total. The highest BCUT2D eigenvalue weighted by Crippen LogP contribution is 2.02. The van der Waals surface area contributed by atoms with Crippen molar-refractivity contribution in [2.45, 2.75) is 20.0 Å². The minimum Gasteiger partial charge on any atom is -0.389 e. The highest BCUT2D eigenvalue weighted by Gasteiger charge is 2.11. The van der Waals surface area contributed by atoms with Crippen molar-refractivity contribution >= 4 is 5.91 Å². The van der Waals surface area contributed by atoms with E-state index in [9.17, 15) is 9.90 Å². The normalized spacial score (nSPS) is 12.2. The monoisotopic (exact) mass is 265 g/mol. The number of carbonyl (C=O) groups excluding carboxylic acids is 1. The summed E-state index contributed by atoms with van der Waals surface area (Å²) in [5, 5.41) is 20.8. The molecule has 0 saturated carbocycles. The molecule has 6 heteroatoms. The predicted molar refractivity (Wildman–Crippen MR) is 69.5 cm³/mol. The highest BCUT2D eigenvalue weighted by molar-refractivity contribution is 5.94. The van der Waals surface area contributed by atoms with Crippen molar-refractivity contribution in [3.8, 4) is 6.07 Å². The molecule has 0 aliphatic heterocycles. The fourth-order valence-corrected chi connectivity index (χ4v) is 1.40. The second-order valence-corrected chi connectivity index (χ2v) is 4.71. The number of amides is 1. The molecule has 0 saturated heterocycles. The van der Waals surface area contributed by atoms with Crippen LogP contribution in [0.25, 0.3) is 0 Å². The van der Waals surface area contributed by atoms with Crippen molar-refractivity contribution in [1.82, 2.24) is 10.3 Å². The first-order valence-corrected chi connectivity index (χ1v) is 6.15. The zero-order valence-corrected chi connectivity index (χ0v) is 11.1. The van der Waals surface area contributed by atoms with Gasteiger partial charge in [-0.05, 0) is 12.0 Å². The number of rotatable bonds is 7. The van der Waals surface area contributed by atoms with Gasteiger partial charge in [-0.1, -0.05) is 13.8 Å². The van der Waals surface area contributed by atoms with E-state index in [1.807, 2.05) is 19.9 Å². The van der Waals surface area contributed by atoms with Crippen LogP contribution in [0.3, 0.4) is 0 Å². The molecule has 1 rings (SSSR count). The number of aliphatic hydroxyl groups excluding tert-OH is 1. The van der Waals surface area contributed by atoms with Gasteiger partial charge in [0.05, 0.1) is 18.3 Å². The second-order valence-electron chi connectivity index (χ2n) is 4.71. The summed E-state index contributed by atoms with van der Waals surface area (Å²) >= 11 is 0. The van der Waals surface area contributed by atoms with Crippen molar-refractivity contribution < 1.29 is 14.6 Å². The van der Waals surface area contributed by atoms with E-state index in [1.165, 1.54) is 12.3 Å². The lowest BCUT2D eigenvalue weighted by atomic mass is 10.2. The molecule has 0 aliphatic carbocycles. The first-order chi connectivity index (χ1) is 9.02. The number of aromatic nitrogens is 1. The van der Waals surface area contributed by atoms with E-state index in [0.717, 1.165) is 0 Å². The molecule has 1 aromatic rings. The van der Waals surface area contributed by atoms with E-state index in [2.05, 4.69) is 10.3 Å². The minimum absolute atomic E-state index is 0.115. The maximum Gasteiger partial charge on any atom is 0.252 e. The molecule has 0 aromatic carbocycles. The average molecular weight is 265 g/mol. The van der Waals surface area contributed by atoms with Gasteiger partial charge in [0.15, 0.2) is 0 Å². The van der Waals surface area contributed by atoms with Gasteiger partial charge in [0.1, 0.15) is 11.8 Å². The fraction of sp³-hybridized carbons (Fsp3) is 0.538. The summed E-state index contributed by atoms with van der Waals surface area (Å²) in [6.07, 6.45) is 0.715. The summed E-state index contributed by atoms with van der Waals surface area (Å²) in [7, 11) is 0. The Morgan fingerprint density at radius 3 is 2.89 bits per heavy atom. The van der Waals surface area contributed by atoms with Gasteiger partial charge in [0, 0.05) is 19.3 Å². The molecule has 19 heavy (non-hydrogen) atoms. The fourth-order valence-electron chi connectivity index (χ4n) is 1.40. The maximum absolute atomic E-state index is 11.7. The molecule has 0 radical (unpaired) electrons. The number of aromatic amines is 1. The standard InChI is InChI=1S/C13H19N3O3/c1-9(2)7-19-8-12(17)6-16-13(18)10-3-11(4-14)15-5-10/h3,5,9,12,15,17H,6-8H2,1-2H3,(H,16,18). The molecule has 1 heterocycles. The number of H-pyrrole nitrogens is 1. The second kappa shape index (κ2) is 7.56. The zero-order chi connectivity index (χ0) is 14.3. The Kier molecular flexibility index (Phi) is 6.06. The van der Waals surface area contributed by atoms with Gasteiger partial charge in [0.25, 0.3) is 5.91 Å². The molecule has 0 aliphatic rings. The molecular weight excluding hydrogens is 246 g/mol. The van der Waals surface area contributed by atoms with Crippen LogP contribution in [0.4, 0.5) is 0 Å². The quantitative estimate of drug-likeness (QED) is 0.674. The topological polar surface area (TPSA) is 98.1 Å². The van der Waals surface area contributed by atoms with Crippen LogP contribution in [-0.4, -0.2) is 41.9 Å². The zero-order valence-electron chi connectivity index (χ0n) is 11.1. The van der Waals surface area contributed by atoms with Gasteiger partial charge in [0.2, 0.25) is 0 Å². The van der Waals surface area contributed by atoms with Crippen molar-refractivity contribution in [3.05, 3.63) is 23.5 Å². The average Bonchev–Trinajstić information content (AvgIpc) is 2.84. The van der Waals surface area contributed by atoms with Crippen LogP contribution in [0.15, 0.2) is 12.3 Å². The molecule has 1 atom stereocenters. The molecule has 104 valence electrons. The Labute approximate surface area is 112 Å². The Hall–Kier alpha value is -1.84. The van der Waals surface area contributed by atoms with E-state index >= 15 is 0 Å². The Morgan fingerprint density at radius 2 is 2.32 bits per heavy atom. The molecule has 0 fully saturated rings.